The largest absolute Gasteiger partial charge is 0.315 e. The minimum absolute atomic E-state index is 0.215. The molecule has 3 heteroatoms. The van der Waals surface area contributed by atoms with Crippen LogP contribution in [0.5, 0.6) is 0 Å². The van der Waals surface area contributed by atoms with E-state index in [1.165, 1.54) is 12.1 Å². The zero-order valence-corrected chi connectivity index (χ0v) is 12.7. The highest BCUT2D eigenvalue weighted by atomic mass is 19.1. The molecule has 2 aromatic heterocycles. The lowest BCUT2D eigenvalue weighted by Crippen LogP contribution is -1.96. The van der Waals surface area contributed by atoms with Gasteiger partial charge in [0.25, 0.3) is 0 Å². The van der Waals surface area contributed by atoms with Crippen molar-refractivity contribution in [3.05, 3.63) is 84.6 Å². The fraction of sp³-hybridized carbons (Fsp3) is 0.0500. The number of hydrogen-bond acceptors (Lipinski definition) is 1. The summed E-state index contributed by atoms with van der Waals surface area (Å²) in [4.78, 5) is 4.36. The minimum Gasteiger partial charge on any atom is -0.315 e. The lowest BCUT2D eigenvalue weighted by molar-refractivity contribution is 0.628. The Morgan fingerprint density at radius 3 is 2.48 bits per heavy atom. The van der Waals surface area contributed by atoms with Crippen molar-refractivity contribution in [1.82, 2.24) is 9.55 Å². The normalized spacial score (nSPS) is 11.0. The predicted octanol–water partition coefficient (Wildman–Crippen LogP) is 5.14. The van der Waals surface area contributed by atoms with Crippen LogP contribution in [0.1, 0.15) is 5.69 Å². The van der Waals surface area contributed by atoms with Crippen LogP contribution in [-0.2, 0) is 0 Å². The van der Waals surface area contributed by atoms with Gasteiger partial charge in [-0.15, -0.1) is 0 Å². The van der Waals surface area contributed by atoms with Crippen LogP contribution in [0, 0.1) is 12.7 Å². The van der Waals surface area contributed by atoms with Crippen LogP contribution >= 0.6 is 0 Å². The second kappa shape index (κ2) is 5.36. The standard InChI is InChI=1S/C20H15FN2/c1-14-19(3-2-11-22-14)23-12-10-17-13-16(6-9-20(17)23)15-4-7-18(21)8-5-15/h2-13H,1H3. The molecule has 112 valence electrons. The predicted molar refractivity (Wildman–Crippen MR) is 91.2 cm³/mol. The number of fused-ring (bicyclic) bond motifs is 1. The fourth-order valence-electron chi connectivity index (χ4n) is 2.90. The van der Waals surface area contributed by atoms with Gasteiger partial charge in [0.15, 0.2) is 0 Å². The molecule has 0 unspecified atom stereocenters. The van der Waals surface area contributed by atoms with Crippen LogP contribution < -0.4 is 0 Å². The Labute approximate surface area is 133 Å². The van der Waals surface area contributed by atoms with Gasteiger partial charge in [0.2, 0.25) is 0 Å². The number of hydrogen-bond donors (Lipinski definition) is 0. The molecule has 0 saturated carbocycles. The number of nitrogens with zero attached hydrogens (tertiary/aromatic N) is 2. The molecule has 0 spiro atoms. The van der Waals surface area contributed by atoms with Gasteiger partial charge in [-0.05, 0) is 60.5 Å². The highest BCUT2D eigenvalue weighted by molar-refractivity contribution is 5.87. The smallest absolute Gasteiger partial charge is 0.123 e. The lowest BCUT2D eigenvalue weighted by Gasteiger charge is -2.09. The SMILES string of the molecule is Cc1ncccc1-n1ccc2cc(-c3ccc(F)cc3)ccc21. The van der Waals surface area contributed by atoms with Crippen molar-refractivity contribution in [2.75, 3.05) is 0 Å². The maximum atomic E-state index is 13.1. The molecular formula is C20H15FN2. The van der Waals surface area contributed by atoms with E-state index < -0.39 is 0 Å². The van der Waals surface area contributed by atoms with E-state index in [1.807, 2.05) is 13.0 Å². The summed E-state index contributed by atoms with van der Waals surface area (Å²) in [7, 11) is 0. The van der Waals surface area contributed by atoms with Gasteiger partial charge in [-0.2, -0.15) is 0 Å². The molecule has 0 aliphatic carbocycles. The van der Waals surface area contributed by atoms with Crippen molar-refractivity contribution in [2.45, 2.75) is 6.92 Å². The average Bonchev–Trinajstić information content (AvgIpc) is 2.99. The molecular weight excluding hydrogens is 287 g/mol. The number of aryl methyl sites for hydroxylation is 1. The van der Waals surface area contributed by atoms with Gasteiger partial charge in [0.1, 0.15) is 5.82 Å². The van der Waals surface area contributed by atoms with Crippen molar-refractivity contribution in [3.63, 3.8) is 0 Å². The highest BCUT2D eigenvalue weighted by Crippen LogP contribution is 2.27. The first-order valence-corrected chi connectivity index (χ1v) is 7.51. The van der Waals surface area contributed by atoms with Gasteiger partial charge < -0.3 is 4.57 Å². The van der Waals surface area contributed by atoms with Crippen molar-refractivity contribution in [2.24, 2.45) is 0 Å². The molecule has 2 nitrogen and oxygen atoms in total. The number of rotatable bonds is 2. The van der Waals surface area contributed by atoms with E-state index in [9.17, 15) is 4.39 Å². The Morgan fingerprint density at radius 2 is 1.70 bits per heavy atom. The summed E-state index contributed by atoms with van der Waals surface area (Å²) in [6.45, 7) is 2.01. The van der Waals surface area contributed by atoms with Crippen molar-refractivity contribution in [1.29, 1.82) is 0 Å². The molecule has 0 aliphatic rings. The van der Waals surface area contributed by atoms with E-state index in [0.29, 0.717) is 0 Å². The summed E-state index contributed by atoms with van der Waals surface area (Å²) in [6.07, 6.45) is 3.86. The molecule has 0 saturated heterocycles. The van der Waals surface area contributed by atoms with E-state index in [4.69, 9.17) is 0 Å². The Morgan fingerprint density at radius 1 is 0.913 bits per heavy atom. The monoisotopic (exact) mass is 302 g/mol. The van der Waals surface area contributed by atoms with Gasteiger partial charge in [-0.3, -0.25) is 4.98 Å². The molecule has 0 amide bonds. The quantitative estimate of drug-likeness (QED) is 0.501. The highest BCUT2D eigenvalue weighted by Gasteiger charge is 2.07. The first-order valence-electron chi connectivity index (χ1n) is 7.51. The van der Waals surface area contributed by atoms with E-state index in [-0.39, 0.29) is 5.82 Å². The lowest BCUT2D eigenvalue weighted by atomic mass is 10.0. The maximum Gasteiger partial charge on any atom is 0.123 e. The summed E-state index contributed by atoms with van der Waals surface area (Å²) >= 11 is 0. The Hall–Kier alpha value is -2.94. The first-order chi connectivity index (χ1) is 11.2. The van der Waals surface area contributed by atoms with Crippen LogP contribution in [0.25, 0.3) is 27.7 Å². The van der Waals surface area contributed by atoms with Gasteiger partial charge in [0.05, 0.1) is 16.9 Å². The zero-order valence-electron chi connectivity index (χ0n) is 12.7. The molecule has 2 aromatic carbocycles. The minimum atomic E-state index is -0.215. The fourth-order valence-corrected chi connectivity index (χ4v) is 2.90. The summed E-state index contributed by atoms with van der Waals surface area (Å²) in [5.41, 5.74) is 5.30. The van der Waals surface area contributed by atoms with Crippen molar-refractivity contribution < 1.29 is 4.39 Å². The number of halogens is 1. The Balaban J connectivity index is 1.83. The Bertz CT molecular complexity index is 984. The Kier molecular flexibility index (Phi) is 3.19. The van der Waals surface area contributed by atoms with Crippen molar-refractivity contribution >= 4 is 10.9 Å². The molecule has 0 atom stereocenters. The molecule has 4 rings (SSSR count). The van der Waals surface area contributed by atoms with Crippen molar-refractivity contribution in [3.8, 4) is 16.8 Å². The van der Waals surface area contributed by atoms with Gasteiger partial charge >= 0.3 is 0 Å². The second-order valence-electron chi connectivity index (χ2n) is 5.57. The third-order valence-electron chi connectivity index (χ3n) is 4.11. The summed E-state index contributed by atoms with van der Waals surface area (Å²) < 4.78 is 15.2. The van der Waals surface area contributed by atoms with Crippen LogP contribution in [0.2, 0.25) is 0 Å². The van der Waals surface area contributed by atoms with E-state index >= 15 is 0 Å². The summed E-state index contributed by atoms with van der Waals surface area (Å²) in [6, 6.07) is 19.0. The van der Waals surface area contributed by atoms with Gasteiger partial charge in [0, 0.05) is 17.8 Å². The van der Waals surface area contributed by atoms with Crippen LogP contribution in [0.15, 0.2) is 73.1 Å². The number of benzene rings is 2. The molecule has 0 fully saturated rings. The number of aromatic nitrogens is 2. The van der Waals surface area contributed by atoms with E-state index in [2.05, 4.69) is 46.1 Å². The van der Waals surface area contributed by atoms with Gasteiger partial charge in [-0.25, -0.2) is 4.39 Å². The molecule has 4 aromatic rings. The average molecular weight is 302 g/mol. The molecule has 0 aliphatic heterocycles. The molecule has 0 bridgehead atoms. The van der Waals surface area contributed by atoms with E-state index in [0.717, 1.165) is 33.4 Å². The third-order valence-corrected chi connectivity index (χ3v) is 4.11. The third kappa shape index (κ3) is 2.40. The second-order valence-corrected chi connectivity index (χ2v) is 5.57. The summed E-state index contributed by atoms with van der Waals surface area (Å²) in [5.74, 6) is -0.215. The van der Waals surface area contributed by atoms with Crippen LogP contribution in [0.4, 0.5) is 4.39 Å². The number of pyridine rings is 1. The zero-order chi connectivity index (χ0) is 15.8. The molecule has 23 heavy (non-hydrogen) atoms. The molecule has 0 N–H and O–H groups in total. The van der Waals surface area contributed by atoms with Crippen LogP contribution in [-0.4, -0.2) is 9.55 Å². The van der Waals surface area contributed by atoms with Gasteiger partial charge in [-0.1, -0.05) is 18.2 Å². The maximum absolute atomic E-state index is 13.1. The first kappa shape index (κ1) is 13.7. The molecule has 2 heterocycles. The molecule has 0 radical (unpaired) electrons. The van der Waals surface area contributed by atoms with Crippen LogP contribution in [0.3, 0.4) is 0 Å². The summed E-state index contributed by atoms with van der Waals surface area (Å²) in [5, 5.41) is 1.15. The van der Waals surface area contributed by atoms with E-state index in [1.54, 1.807) is 18.3 Å². The topological polar surface area (TPSA) is 17.8 Å².